The number of thiocarbonyl (C=S) groups is 1. The first-order chi connectivity index (χ1) is 14.5. The molecule has 0 heterocycles. The van der Waals surface area contributed by atoms with Gasteiger partial charge in [-0.05, 0) is 36.0 Å². The number of non-ortho nitro benzene ring substituents is 1. The Bertz CT molecular complexity index is 1030. The van der Waals surface area contributed by atoms with Gasteiger partial charge >= 0.3 is 0 Å². The molecule has 9 heteroatoms. The Morgan fingerprint density at radius 3 is 2.27 bits per heavy atom. The summed E-state index contributed by atoms with van der Waals surface area (Å²) in [6.07, 6.45) is 0. The molecule has 0 aliphatic carbocycles. The van der Waals surface area contributed by atoms with Crippen LogP contribution in [0.3, 0.4) is 0 Å². The van der Waals surface area contributed by atoms with Crippen LogP contribution < -0.4 is 16.2 Å². The average molecular weight is 439 g/mol. The summed E-state index contributed by atoms with van der Waals surface area (Å²) in [7, 11) is 0. The molecule has 7 nitrogen and oxygen atoms in total. The zero-order chi connectivity index (χ0) is 21.3. The highest BCUT2D eigenvalue weighted by Crippen LogP contribution is 2.35. The number of anilines is 1. The second-order valence-electron chi connectivity index (χ2n) is 6.10. The summed E-state index contributed by atoms with van der Waals surface area (Å²) in [5.74, 6) is -0.279. The van der Waals surface area contributed by atoms with Gasteiger partial charge in [-0.25, -0.2) is 0 Å². The van der Waals surface area contributed by atoms with Crippen molar-refractivity contribution in [2.75, 3.05) is 5.32 Å². The molecular formula is C21H18N4O3S2. The molecule has 0 unspecified atom stereocenters. The molecule has 3 N–H and O–H groups in total. The predicted octanol–water partition coefficient (Wildman–Crippen LogP) is 4.45. The highest BCUT2D eigenvalue weighted by molar-refractivity contribution is 8.00. The van der Waals surface area contributed by atoms with Crippen LogP contribution in [0.5, 0.6) is 0 Å². The largest absolute Gasteiger partial charge is 0.331 e. The first-order valence-electron chi connectivity index (χ1n) is 8.91. The number of rotatable bonds is 6. The van der Waals surface area contributed by atoms with Gasteiger partial charge < -0.3 is 5.32 Å². The molecule has 3 aromatic carbocycles. The van der Waals surface area contributed by atoms with Crippen molar-refractivity contribution in [1.82, 2.24) is 10.9 Å². The molecule has 0 saturated heterocycles. The van der Waals surface area contributed by atoms with E-state index in [0.29, 0.717) is 5.69 Å². The van der Waals surface area contributed by atoms with Gasteiger partial charge in [0.2, 0.25) is 0 Å². The van der Waals surface area contributed by atoms with Gasteiger partial charge in [-0.3, -0.25) is 25.8 Å². The van der Waals surface area contributed by atoms with Crippen molar-refractivity contribution in [2.24, 2.45) is 0 Å². The van der Waals surface area contributed by atoms with Crippen LogP contribution in [0.15, 0.2) is 89.8 Å². The van der Waals surface area contributed by atoms with Gasteiger partial charge in [-0.15, -0.1) is 11.8 Å². The number of nitro benzene ring substituents is 1. The third kappa shape index (κ3) is 6.03. The van der Waals surface area contributed by atoms with Crippen LogP contribution in [0.1, 0.15) is 10.8 Å². The lowest BCUT2D eigenvalue weighted by molar-refractivity contribution is -0.384. The van der Waals surface area contributed by atoms with Gasteiger partial charge in [0, 0.05) is 22.7 Å². The van der Waals surface area contributed by atoms with E-state index in [4.69, 9.17) is 12.2 Å². The Morgan fingerprint density at radius 1 is 0.933 bits per heavy atom. The van der Waals surface area contributed by atoms with E-state index in [1.54, 1.807) is 12.1 Å². The molecule has 0 aliphatic heterocycles. The van der Waals surface area contributed by atoms with E-state index in [2.05, 4.69) is 16.2 Å². The lowest BCUT2D eigenvalue weighted by Gasteiger charge is -2.18. The van der Waals surface area contributed by atoms with Gasteiger partial charge in [0.15, 0.2) is 5.11 Å². The number of nitrogens with zero attached hydrogens (tertiary/aromatic N) is 1. The summed E-state index contributed by atoms with van der Waals surface area (Å²) in [5.41, 5.74) is 6.49. The summed E-state index contributed by atoms with van der Waals surface area (Å²) in [6, 6.07) is 25.0. The highest BCUT2D eigenvalue weighted by atomic mass is 32.2. The van der Waals surface area contributed by atoms with E-state index in [-0.39, 0.29) is 16.7 Å². The van der Waals surface area contributed by atoms with E-state index in [1.165, 1.54) is 23.9 Å². The number of nitro groups is 1. The summed E-state index contributed by atoms with van der Waals surface area (Å²) in [6.45, 7) is 0. The van der Waals surface area contributed by atoms with Crippen molar-refractivity contribution in [3.05, 3.63) is 101 Å². The fourth-order valence-corrected chi connectivity index (χ4v) is 3.79. The number of hydrazine groups is 1. The molecule has 3 rings (SSSR count). The van der Waals surface area contributed by atoms with Crippen molar-refractivity contribution in [1.29, 1.82) is 0 Å². The minimum Gasteiger partial charge on any atom is -0.331 e. The Hall–Kier alpha value is -3.43. The van der Waals surface area contributed by atoms with E-state index in [1.807, 2.05) is 60.7 Å². The standard InChI is InChI=1S/C21H18N4O3S2/c26-20(23-24-21(29)22-16-10-7-11-17(14-16)25(27)28)19(15-8-3-1-4-9-15)30-18-12-5-2-6-13-18/h1-14,19H,(H,23,26)(H2,22,24,29)/t19-/m1/s1. The van der Waals surface area contributed by atoms with Gasteiger partial charge in [0.25, 0.3) is 11.6 Å². The third-order valence-electron chi connectivity index (χ3n) is 3.95. The van der Waals surface area contributed by atoms with Crippen LogP contribution in [-0.4, -0.2) is 15.9 Å². The third-order valence-corrected chi connectivity index (χ3v) is 5.42. The molecule has 0 bridgehead atoms. The fourth-order valence-electron chi connectivity index (χ4n) is 2.58. The second-order valence-corrected chi connectivity index (χ2v) is 7.68. The lowest BCUT2D eigenvalue weighted by Crippen LogP contribution is -2.45. The monoisotopic (exact) mass is 438 g/mol. The zero-order valence-electron chi connectivity index (χ0n) is 15.6. The van der Waals surface area contributed by atoms with Crippen LogP contribution in [0, 0.1) is 10.1 Å². The van der Waals surface area contributed by atoms with E-state index >= 15 is 0 Å². The first-order valence-corrected chi connectivity index (χ1v) is 10.2. The maximum atomic E-state index is 12.9. The number of nitrogens with one attached hydrogen (secondary N) is 3. The zero-order valence-corrected chi connectivity index (χ0v) is 17.3. The maximum absolute atomic E-state index is 12.9. The number of hydrogen-bond donors (Lipinski definition) is 3. The van der Waals surface area contributed by atoms with Gasteiger partial charge in [0.1, 0.15) is 5.25 Å². The lowest BCUT2D eigenvalue weighted by atomic mass is 10.1. The first kappa shape index (κ1) is 21.3. The SMILES string of the molecule is O=C(NNC(=S)Nc1cccc([N+](=O)[O-])c1)[C@H](Sc1ccccc1)c1ccccc1. The highest BCUT2D eigenvalue weighted by Gasteiger charge is 2.22. The van der Waals surface area contributed by atoms with Crippen LogP contribution in [0.2, 0.25) is 0 Å². The Morgan fingerprint density at radius 2 is 1.60 bits per heavy atom. The average Bonchev–Trinajstić information content (AvgIpc) is 2.77. The molecular weight excluding hydrogens is 420 g/mol. The predicted molar refractivity (Wildman–Crippen MR) is 122 cm³/mol. The number of amides is 1. The summed E-state index contributed by atoms with van der Waals surface area (Å²) in [4.78, 5) is 24.2. The molecule has 0 aliphatic rings. The molecule has 0 radical (unpaired) electrons. The Balaban J connectivity index is 1.64. The van der Waals surface area contributed by atoms with Crippen molar-refractivity contribution in [3.63, 3.8) is 0 Å². The Kier molecular flexibility index (Phi) is 7.36. The fraction of sp³-hybridized carbons (Fsp3) is 0.0476. The second kappa shape index (κ2) is 10.4. The van der Waals surface area contributed by atoms with Crippen molar-refractivity contribution < 1.29 is 9.72 Å². The molecule has 30 heavy (non-hydrogen) atoms. The summed E-state index contributed by atoms with van der Waals surface area (Å²) in [5, 5.41) is 13.3. The van der Waals surface area contributed by atoms with Crippen LogP contribution in [0.25, 0.3) is 0 Å². The Labute approximate surface area is 183 Å². The smallest absolute Gasteiger partial charge is 0.271 e. The van der Waals surface area contributed by atoms with E-state index < -0.39 is 10.2 Å². The summed E-state index contributed by atoms with van der Waals surface area (Å²) < 4.78 is 0. The molecule has 152 valence electrons. The van der Waals surface area contributed by atoms with Crippen LogP contribution in [-0.2, 0) is 4.79 Å². The number of hydrogen-bond acceptors (Lipinski definition) is 5. The van der Waals surface area contributed by atoms with E-state index in [9.17, 15) is 14.9 Å². The summed E-state index contributed by atoms with van der Waals surface area (Å²) >= 11 is 6.60. The van der Waals surface area contributed by atoms with Crippen molar-refractivity contribution in [3.8, 4) is 0 Å². The topological polar surface area (TPSA) is 96.3 Å². The van der Waals surface area contributed by atoms with Crippen molar-refractivity contribution >= 4 is 46.4 Å². The molecule has 0 spiro atoms. The van der Waals surface area contributed by atoms with Gasteiger partial charge in [0.05, 0.1) is 4.92 Å². The number of carbonyl (C=O) groups is 1. The number of thioether (sulfide) groups is 1. The van der Waals surface area contributed by atoms with Gasteiger partial charge in [-0.2, -0.15) is 0 Å². The van der Waals surface area contributed by atoms with Gasteiger partial charge in [-0.1, -0.05) is 54.6 Å². The van der Waals surface area contributed by atoms with Crippen LogP contribution >= 0.6 is 24.0 Å². The number of carbonyl (C=O) groups excluding carboxylic acids is 1. The van der Waals surface area contributed by atoms with E-state index in [0.717, 1.165) is 10.5 Å². The maximum Gasteiger partial charge on any atom is 0.271 e. The van der Waals surface area contributed by atoms with Crippen molar-refractivity contribution in [2.45, 2.75) is 10.1 Å². The molecule has 3 aromatic rings. The molecule has 1 amide bonds. The minimum absolute atomic E-state index is 0.0600. The van der Waals surface area contributed by atoms with Crippen LogP contribution in [0.4, 0.5) is 11.4 Å². The number of benzene rings is 3. The normalized spacial score (nSPS) is 11.2. The molecule has 0 aromatic heterocycles. The molecule has 1 atom stereocenters. The quantitative estimate of drug-likeness (QED) is 0.226. The molecule has 0 fully saturated rings. The molecule has 0 saturated carbocycles. The minimum atomic E-state index is -0.498.